The van der Waals surface area contributed by atoms with Gasteiger partial charge in [0.25, 0.3) is 0 Å². The first-order valence-corrected chi connectivity index (χ1v) is 8.69. The third-order valence-electron chi connectivity index (χ3n) is 3.70. The van der Waals surface area contributed by atoms with E-state index in [1.165, 1.54) is 4.31 Å². The van der Waals surface area contributed by atoms with Gasteiger partial charge in [-0.25, -0.2) is 8.42 Å². The molecule has 0 radical (unpaired) electrons. The fourth-order valence-corrected chi connectivity index (χ4v) is 4.57. The van der Waals surface area contributed by atoms with Gasteiger partial charge in [0.2, 0.25) is 10.0 Å². The molecule has 0 spiro atoms. The average Bonchev–Trinajstić information content (AvgIpc) is 2.41. The minimum atomic E-state index is -3.47. The number of rotatable bonds is 3. The van der Waals surface area contributed by atoms with Gasteiger partial charge in [-0.15, -0.1) is 0 Å². The predicted molar refractivity (Wildman–Crippen MR) is 81.2 cm³/mol. The molecule has 112 valence electrons. The molecule has 1 aromatic carbocycles. The number of ether oxygens (including phenoxy) is 1. The van der Waals surface area contributed by atoms with E-state index in [-0.39, 0.29) is 16.9 Å². The van der Waals surface area contributed by atoms with Gasteiger partial charge in [-0.3, -0.25) is 0 Å². The molecule has 1 aliphatic heterocycles. The largest absolute Gasteiger partial charge is 0.496 e. The summed E-state index contributed by atoms with van der Waals surface area (Å²) in [5, 5.41) is 0. The Balaban J connectivity index is 2.29. The lowest BCUT2D eigenvalue weighted by atomic mass is 9.96. The summed E-state index contributed by atoms with van der Waals surface area (Å²) >= 11 is 3.32. The van der Waals surface area contributed by atoms with Crippen LogP contribution in [-0.4, -0.2) is 39.0 Å². The van der Waals surface area contributed by atoms with Crippen molar-refractivity contribution in [3.05, 3.63) is 22.7 Å². The van der Waals surface area contributed by atoms with Crippen LogP contribution in [0, 0.1) is 5.92 Å². The van der Waals surface area contributed by atoms with Crippen molar-refractivity contribution in [3.63, 3.8) is 0 Å². The highest BCUT2D eigenvalue weighted by Gasteiger charge is 2.32. The molecule has 0 bridgehead atoms. The van der Waals surface area contributed by atoms with Crippen molar-refractivity contribution in [2.45, 2.75) is 24.3 Å². The first kappa shape index (κ1) is 15.8. The molecular formula is C13H19BrN2O3S. The molecule has 20 heavy (non-hydrogen) atoms. The van der Waals surface area contributed by atoms with Gasteiger partial charge in [0.05, 0.1) is 16.5 Å². The number of halogens is 1. The summed E-state index contributed by atoms with van der Waals surface area (Å²) < 4.78 is 32.5. The lowest BCUT2D eigenvalue weighted by Gasteiger charge is -2.34. The number of nitrogens with zero attached hydrogens (tertiary/aromatic N) is 1. The maximum absolute atomic E-state index is 12.6. The first-order valence-electron chi connectivity index (χ1n) is 6.45. The predicted octanol–water partition coefficient (Wildman–Crippen LogP) is 1.82. The second kappa shape index (κ2) is 6.01. The Morgan fingerprint density at radius 1 is 1.45 bits per heavy atom. The molecule has 0 aliphatic carbocycles. The van der Waals surface area contributed by atoms with E-state index < -0.39 is 10.0 Å². The number of nitrogens with two attached hydrogens (primary N) is 1. The van der Waals surface area contributed by atoms with E-state index in [0.717, 1.165) is 0 Å². The topological polar surface area (TPSA) is 72.6 Å². The molecule has 0 aromatic heterocycles. The maximum atomic E-state index is 12.6. The summed E-state index contributed by atoms with van der Waals surface area (Å²) in [5.41, 5.74) is 5.94. The molecule has 1 saturated heterocycles. The van der Waals surface area contributed by atoms with Gasteiger partial charge in [0.15, 0.2) is 0 Å². The van der Waals surface area contributed by atoms with E-state index in [0.29, 0.717) is 29.7 Å². The number of methoxy groups -OCH3 is 1. The third kappa shape index (κ3) is 3.00. The van der Waals surface area contributed by atoms with Crippen molar-refractivity contribution in [1.29, 1.82) is 0 Å². The number of piperidine rings is 1. The van der Waals surface area contributed by atoms with E-state index in [4.69, 9.17) is 10.5 Å². The molecule has 2 rings (SSSR count). The Kier molecular flexibility index (Phi) is 4.73. The van der Waals surface area contributed by atoms with Gasteiger partial charge >= 0.3 is 0 Å². The van der Waals surface area contributed by atoms with Crippen LogP contribution in [0.15, 0.2) is 27.6 Å². The van der Waals surface area contributed by atoms with Gasteiger partial charge in [-0.2, -0.15) is 4.31 Å². The zero-order valence-corrected chi connectivity index (χ0v) is 13.9. The van der Waals surface area contributed by atoms with Crippen molar-refractivity contribution in [1.82, 2.24) is 4.31 Å². The van der Waals surface area contributed by atoms with Crippen LogP contribution >= 0.6 is 15.9 Å². The van der Waals surface area contributed by atoms with Crippen LogP contribution in [0.4, 0.5) is 0 Å². The zero-order chi connectivity index (χ0) is 14.9. The molecule has 0 saturated carbocycles. The van der Waals surface area contributed by atoms with Crippen LogP contribution in [0.1, 0.15) is 13.3 Å². The molecule has 1 aliphatic rings. The van der Waals surface area contributed by atoms with E-state index in [9.17, 15) is 8.42 Å². The van der Waals surface area contributed by atoms with Gasteiger partial charge in [-0.1, -0.05) is 6.92 Å². The lowest BCUT2D eigenvalue weighted by molar-refractivity contribution is 0.250. The van der Waals surface area contributed by atoms with Gasteiger partial charge < -0.3 is 10.5 Å². The highest BCUT2D eigenvalue weighted by Crippen LogP contribution is 2.30. The second-order valence-corrected chi connectivity index (χ2v) is 7.88. The maximum Gasteiger partial charge on any atom is 0.243 e. The average molecular weight is 363 g/mol. The van der Waals surface area contributed by atoms with Crippen LogP contribution in [0.25, 0.3) is 0 Å². The van der Waals surface area contributed by atoms with Crippen molar-refractivity contribution in [3.8, 4) is 5.75 Å². The molecule has 2 N–H and O–H groups in total. The van der Waals surface area contributed by atoms with Crippen LogP contribution < -0.4 is 10.5 Å². The molecule has 5 nitrogen and oxygen atoms in total. The van der Waals surface area contributed by atoms with E-state index in [1.54, 1.807) is 25.3 Å². The van der Waals surface area contributed by atoms with Crippen LogP contribution in [0.5, 0.6) is 5.75 Å². The summed E-state index contributed by atoms with van der Waals surface area (Å²) in [6, 6.07) is 4.87. The zero-order valence-electron chi connectivity index (χ0n) is 11.5. The van der Waals surface area contributed by atoms with E-state index in [2.05, 4.69) is 15.9 Å². The first-order chi connectivity index (χ1) is 9.36. The Bertz CT molecular complexity index is 591. The molecule has 7 heteroatoms. The number of sulfonamides is 1. The summed E-state index contributed by atoms with van der Waals surface area (Å²) in [6.07, 6.45) is 0.692. The molecular weight excluding hydrogens is 344 g/mol. The van der Waals surface area contributed by atoms with Crippen molar-refractivity contribution >= 4 is 26.0 Å². The molecule has 1 fully saturated rings. The molecule has 1 aromatic rings. The Morgan fingerprint density at radius 2 is 2.15 bits per heavy atom. The molecule has 2 atom stereocenters. The highest BCUT2D eigenvalue weighted by molar-refractivity contribution is 9.10. The van der Waals surface area contributed by atoms with Crippen molar-refractivity contribution in [2.75, 3.05) is 20.2 Å². The lowest BCUT2D eigenvalue weighted by Crippen LogP contribution is -2.48. The van der Waals surface area contributed by atoms with E-state index >= 15 is 0 Å². The molecule has 2 unspecified atom stereocenters. The van der Waals surface area contributed by atoms with E-state index in [1.807, 2.05) is 6.92 Å². The number of benzene rings is 1. The van der Waals surface area contributed by atoms with Crippen LogP contribution in [-0.2, 0) is 10.0 Å². The quantitative estimate of drug-likeness (QED) is 0.889. The second-order valence-electron chi connectivity index (χ2n) is 5.09. The van der Waals surface area contributed by atoms with Gasteiger partial charge in [0.1, 0.15) is 5.75 Å². The monoisotopic (exact) mass is 362 g/mol. The van der Waals surface area contributed by atoms with Crippen molar-refractivity contribution < 1.29 is 13.2 Å². The van der Waals surface area contributed by atoms with Gasteiger partial charge in [-0.05, 0) is 46.5 Å². The minimum Gasteiger partial charge on any atom is -0.496 e. The van der Waals surface area contributed by atoms with Crippen LogP contribution in [0.2, 0.25) is 0 Å². The summed E-state index contributed by atoms with van der Waals surface area (Å²) in [5.74, 6) is 0.776. The Morgan fingerprint density at radius 3 is 2.70 bits per heavy atom. The molecule has 1 heterocycles. The minimum absolute atomic E-state index is 0.0732. The standard InChI is InChI=1S/C13H19BrN2O3S/c1-9-8-16(6-5-12(9)15)20(17,18)10-3-4-13(19-2)11(14)7-10/h3-4,7,9,12H,5-6,8,15H2,1-2H3. The highest BCUT2D eigenvalue weighted by atomic mass is 79.9. The fourth-order valence-electron chi connectivity index (χ4n) is 2.30. The van der Waals surface area contributed by atoms with Crippen LogP contribution in [0.3, 0.4) is 0 Å². The summed E-state index contributed by atoms with van der Waals surface area (Å²) in [7, 11) is -1.93. The summed E-state index contributed by atoms with van der Waals surface area (Å²) in [6.45, 7) is 2.92. The van der Waals surface area contributed by atoms with Gasteiger partial charge in [0, 0.05) is 19.1 Å². The normalized spacial score (nSPS) is 24.6. The van der Waals surface area contributed by atoms with Crippen molar-refractivity contribution in [2.24, 2.45) is 11.7 Å². The Labute approximate surface area is 128 Å². The number of hydrogen-bond acceptors (Lipinski definition) is 4. The summed E-state index contributed by atoms with van der Waals surface area (Å²) in [4.78, 5) is 0.271. The Hall–Kier alpha value is -0.630. The SMILES string of the molecule is COc1ccc(S(=O)(=O)N2CCC(N)C(C)C2)cc1Br. The molecule has 0 amide bonds. The smallest absolute Gasteiger partial charge is 0.243 e. The fraction of sp³-hybridized carbons (Fsp3) is 0.538. The number of hydrogen-bond donors (Lipinski definition) is 1. The third-order valence-corrected chi connectivity index (χ3v) is 6.18.